The highest BCUT2D eigenvalue weighted by Crippen LogP contribution is 2.25. The molecule has 1 aromatic rings. The monoisotopic (exact) mass is 181 g/mol. The largest absolute Gasteiger partial charge is 0.192 e. The van der Waals surface area contributed by atoms with Crippen molar-refractivity contribution in [1.29, 1.82) is 5.26 Å². The van der Waals surface area contributed by atoms with Crippen molar-refractivity contribution in [1.82, 2.24) is 0 Å². The minimum Gasteiger partial charge on any atom is -0.192 e. The predicted octanol–water partition coefficient (Wildman–Crippen LogP) is 3.18. The Morgan fingerprint density at radius 1 is 1.21 bits per heavy atom. The van der Waals surface area contributed by atoms with Gasteiger partial charge >= 0.3 is 0 Å². The van der Waals surface area contributed by atoms with Gasteiger partial charge in [-0.05, 0) is 18.1 Å². The Kier molecular flexibility index (Phi) is 2.46. The van der Waals surface area contributed by atoms with Crippen molar-refractivity contribution in [2.45, 2.75) is 12.3 Å². The summed E-state index contributed by atoms with van der Waals surface area (Å²) >= 11 is 0. The lowest BCUT2D eigenvalue weighted by Gasteiger charge is -2.13. The van der Waals surface area contributed by atoms with Crippen LogP contribution in [0.25, 0.3) is 0 Å². The van der Waals surface area contributed by atoms with Gasteiger partial charge in [0.05, 0.1) is 6.07 Å². The third kappa shape index (κ3) is 1.75. The molecule has 2 rings (SSSR count). The standard InChI is InChI=1S/C13H11N/c14-10-11-6-8-13(9-7-11)12-4-2-1-3-5-12/h1-8,13H,9H2. The third-order valence-electron chi connectivity index (χ3n) is 2.46. The number of nitrogens with zero attached hydrogens (tertiary/aromatic N) is 1. The van der Waals surface area contributed by atoms with Crippen LogP contribution in [0.15, 0.2) is 54.1 Å². The van der Waals surface area contributed by atoms with Crippen LogP contribution in [0.3, 0.4) is 0 Å². The summed E-state index contributed by atoms with van der Waals surface area (Å²) in [5.74, 6) is 0.438. The minimum atomic E-state index is 0.438. The fourth-order valence-electron chi connectivity index (χ4n) is 1.65. The smallest absolute Gasteiger partial charge is 0.0988 e. The molecule has 68 valence electrons. The maximum absolute atomic E-state index is 8.68. The molecule has 0 fully saturated rings. The van der Waals surface area contributed by atoms with E-state index >= 15 is 0 Å². The zero-order chi connectivity index (χ0) is 9.80. The Bertz CT molecular complexity index is 407. The van der Waals surface area contributed by atoms with Crippen molar-refractivity contribution in [3.63, 3.8) is 0 Å². The van der Waals surface area contributed by atoms with E-state index in [-0.39, 0.29) is 0 Å². The van der Waals surface area contributed by atoms with Crippen molar-refractivity contribution < 1.29 is 0 Å². The summed E-state index contributed by atoms with van der Waals surface area (Å²) in [5.41, 5.74) is 2.09. The molecule has 1 nitrogen and oxygen atoms in total. The topological polar surface area (TPSA) is 23.8 Å². The van der Waals surface area contributed by atoms with Gasteiger partial charge < -0.3 is 0 Å². The van der Waals surface area contributed by atoms with Gasteiger partial charge in [-0.15, -0.1) is 0 Å². The highest BCUT2D eigenvalue weighted by atomic mass is 14.2. The Balaban J connectivity index is 2.16. The van der Waals surface area contributed by atoms with Gasteiger partial charge in [-0.25, -0.2) is 0 Å². The Morgan fingerprint density at radius 2 is 2.00 bits per heavy atom. The lowest BCUT2D eigenvalue weighted by atomic mass is 9.91. The van der Waals surface area contributed by atoms with Crippen molar-refractivity contribution in [2.24, 2.45) is 0 Å². The molecule has 0 heterocycles. The van der Waals surface area contributed by atoms with Crippen LogP contribution in [0.2, 0.25) is 0 Å². The van der Waals surface area contributed by atoms with E-state index in [1.807, 2.05) is 30.4 Å². The van der Waals surface area contributed by atoms with Crippen LogP contribution >= 0.6 is 0 Å². The number of hydrogen-bond donors (Lipinski definition) is 0. The average molecular weight is 181 g/mol. The van der Waals surface area contributed by atoms with Crippen LogP contribution < -0.4 is 0 Å². The molecule has 1 heteroatoms. The molecule has 1 atom stereocenters. The average Bonchev–Trinajstić information content (AvgIpc) is 2.30. The number of hydrogen-bond acceptors (Lipinski definition) is 1. The van der Waals surface area contributed by atoms with Crippen LogP contribution in [-0.2, 0) is 0 Å². The fraction of sp³-hybridized carbons (Fsp3) is 0.154. The van der Waals surface area contributed by atoms with Crippen molar-refractivity contribution in [2.75, 3.05) is 0 Å². The van der Waals surface area contributed by atoms with E-state index in [9.17, 15) is 0 Å². The summed E-state index contributed by atoms with van der Waals surface area (Å²) in [6.07, 6.45) is 6.94. The quantitative estimate of drug-likeness (QED) is 0.652. The van der Waals surface area contributed by atoms with E-state index < -0.39 is 0 Å². The first-order chi connectivity index (χ1) is 6.90. The van der Waals surface area contributed by atoms with Crippen LogP contribution in [0.4, 0.5) is 0 Å². The first-order valence-corrected chi connectivity index (χ1v) is 4.73. The second kappa shape index (κ2) is 3.93. The van der Waals surface area contributed by atoms with Crippen molar-refractivity contribution in [3.05, 3.63) is 59.7 Å². The second-order valence-corrected chi connectivity index (χ2v) is 3.38. The molecule has 0 aliphatic heterocycles. The van der Waals surface area contributed by atoms with Crippen LogP contribution in [-0.4, -0.2) is 0 Å². The SMILES string of the molecule is N#CC1=CCC(c2ccccc2)C=C1. The maximum atomic E-state index is 8.68. The van der Waals surface area contributed by atoms with Crippen LogP contribution in [0, 0.1) is 11.3 Å². The Morgan fingerprint density at radius 3 is 2.57 bits per heavy atom. The summed E-state index contributed by atoms with van der Waals surface area (Å²) in [4.78, 5) is 0. The molecule has 1 aliphatic carbocycles. The summed E-state index contributed by atoms with van der Waals surface area (Å²) in [7, 11) is 0. The molecule has 0 radical (unpaired) electrons. The number of rotatable bonds is 1. The van der Waals surface area contributed by atoms with Crippen molar-refractivity contribution >= 4 is 0 Å². The molecule has 0 amide bonds. The molecule has 1 aliphatic rings. The van der Waals surface area contributed by atoms with Gasteiger partial charge in [-0.3, -0.25) is 0 Å². The summed E-state index contributed by atoms with van der Waals surface area (Å²) in [6.45, 7) is 0. The molecule has 0 aromatic heterocycles. The van der Waals surface area contributed by atoms with E-state index in [2.05, 4.69) is 24.3 Å². The van der Waals surface area contributed by atoms with Gasteiger partial charge in [0.15, 0.2) is 0 Å². The van der Waals surface area contributed by atoms with Gasteiger partial charge in [0.2, 0.25) is 0 Å². The number of allylic oxidation sites excluding steroid dienone is 4. The van der Waals surface area contributed by atoms with Gasteiger partial charge in [-0.1, -0.05) is 42.5 Å². The predicted molar refractivity (Wildman–Crippen MR) is 56.6 cm³/mol. The molecule has 0 N–H and O–H groups in total. The normalized spacial score (nSPS) is 19.9. The number of nitriles is 1. The molecule has 0 saturated heterocycles. The zero-order valence-corrected chi connectivity index (χ0v) is 7.85. The van der Waals surface area contributed by atoms with E-state index in [0.717, 1.165) is 12.0 Å². The van der Waals surface area contributed by atoms with Gasteiger partial charge in [0.25, 0.3) is 0 Å². The van der Waals surface area contributed by atoms with Crippen LogP contribution in [0.1, 0.15) is 17.9 Å². The molecule has 14 heavy (non-hydrogen) atoms. The van der Waals surface area contributed by atoms with Gasteiger partial charge in [-0.2, -0.15) is 5.26 Å². The lowest BCUT2D eigenvalue weighted by molar-refractivity contribution is 0.849. The van der Waals surface area contributed by atoms with E-state index in [4.69, 9.17) is 5.26 Å². The highest BCUT2D eigenvalue weighted by molar-refractivity contribution is 5.39. The molecule has 1 aromatic carbocycles. The summed E-state index contributed by atoms with van der Waals surface area (Å²) in [6, 6.07) is 12.5. The molecule has 0 spiro atoms. The third-order valence-corrected chi connectivity index (χ3v) is 2.46. The van der Waals surface area contributed by atoms with Gasteiger partial charge in [0, 0.05) is 11.5 Å². The fourth-order valence-corrected chi connectivity index (χ4v) is 1.65. The highest BCUT2D eigenvalue weighted by Gasteiger charge is 2.09. The van der Waals surface area contributed by atoms with E-state index in [0.29, 0.717) is 5.92 Å². The second-order valence-electron chi connectivity index (χ2n) is 3.38. The van der Waals surface area contributed by atoms with E-state index in [1.165, 1.54) is 5.56 Å². The summed E-state index contributed by atoms with van der Waals surface area (Å²) < 4.78 is 0. The van der Waals surface area contributed by atoms with E-state index in [1.54, 1.807) is 0 Å². The first-order valence-electron chi connectivity index (χ1n) is 4.73. The molecule has 1 unspecified atom stereocenters. The van der Waals surface area contributed by atoms with Gasteiger partial charge in [0.1, 0.15) is 0 Å². The summed E-state index contributed by atoms with van der Waals surface area (Å²) in [5, 5.41) is 8.68. The first kappa shape index (κ1) is 8.77. The molecule has 0 saturated carbocycles. The molecular weight excluding hydrogens is 170 g/mol. The van der Waals surface area contributed by atoms with Crippen molar-refractivity contribution in [3.8, 4) is 6.07 Å². The molecular formula is C13H11N. The maximum Gasteiger partial charge on any atom is 0.0988 e. The number of benzene rings is 1. The minimum absolute atomic E-state index is 0.438. The Labute approximate surface area is 84.0 Å². The zero-order valence-electron chi connectivity index (χ0n) is 7.85. The molecule has 0 bridgehead atoms. The van der Waals surface area contributed by atoms with Crippen LogP contribution in [0.5, 0.6) is 0 Å². The Hall–Kier alpha value is -1.81. The lowest BCUT2D eigenvalue weighted by Crippen LogP contribution is -1.97.